The molecule has 0 unspecified atom stereocenters. The highest BCUT2D eigenvalue weighted by molar-refractivity contribution is 5.71. The molecule has 0 aromatic carbocycles. The third-order valence-electron chi connectivity index (χ3n) is 1.51. The van der Waals surface area contributed by atoms with Crippen molar-refractivity contribution in [1.82, 2.24) is 0 Å². The van der Waals surface area contributed by atoms with Crippen molar-refractivity contribution in [2.24, 2.45) is 5.92 Å². The molecule has 1 N–H and O–H groups in total. The molecule has 1 fully saturated rings. The highest BCUT2D eigenvalue weighted by atomic mass is 19.1. The Morgan fingerprint density at radius 3 is 2.25 bits per heavy atom. The highest BCUT2D eigenvalue weighted by Gasteiger charge is 2.36. The van der Waals surface area contributed by atoms with E-state index < -0.39 is 18.1 Å². The Morgan fingerprint density at radius 2 is 2.25 bits per heavy atom. The molecule has 0 bridgehead atoms. The van der Waals surface area contributed by atoms with Gasteiger partial charge in [0.1, 0.15) is 6.17 Å². The van der Waals surface area contributed by atoms with E-state index in [0.717, 1.165) is 0 Å². The van der Waals surface area contributed by atoms with Crippen molar-refractivity contribution >= 4 is 5.97 Å². The number of carboxylic acids is 1. The lowest BCUT2D eigenvalue weighted by molar-refractivity contribution is -0.148. The van der Waals surface area contributed by atoms with Gasteiger partial charge in [-0.1, -0.05) is 0 Å². The van der Waals surface area contributed by atoms with E-state index in [4.69, 9.17) is 5.11 Å². The fraction of sp³-hybridized carbons (Fsp3) is 0.800. The topological polar surface area (TPSA) is 37.3 Å². The number of aliphatic carboxylic acids is 1. The van der Waals surface area contributed by atoms with E-state index in [0.29, 0.717) is 12.8 Å². The van der Waals surface area contributed by atoms with Gasteiger partial charge >= 0.3 is 5.97 Å². The van der Waals surface area contributed by atoms with Crippen molar-refractivity contribution in [2.75, 3.05) is 0 Å². The molecule has 0 saturated heterocycles. The molecule has 2 atom stereocenters. The van der Waals surface area contributed by atoms with Gasteiger partial charge in [0.2, 0.25) is 0 Å². The standard InChI is InChI=1S/C5H7FO2/c6-4-2-1-3(4)5(7)8/h3-4H,1-2H2,(H,7,8)/t3-,4+/m1/s1. The first kappa shape index (κ1) is 5.54. The minimum atomic E-state index is -1.08. The van der Waals surface area contributed by atoms with E-state index in [1.807, 2.05) is 0 Å². The van der Waals surface area contributed by atoms with E-state index in [1.165, 1.54) is 0 Å². The van der Waals surface area contributed by atoms with Gasteiger partial charge in [-0.25, -0.2) is 4.39 Å². The van der Waals surface area contributed by atoms with Gasteiger partial charge < -0.3 is 5.11 Å². The zero-order valence-electron chi connectivity index (χ0n) is 4.30. The van der Waals surface area contributed by atoms with Gasteiger partial charge in [-0.2, -0.15) is 0 Å². The number of alkyl halides is 1. The van der Waals surface area contributed by atoms with Gasteiger partial charge in [0.15, 0.2) is 0 Å². The van der Waals surface area contributed by atoms with Gasteiger partial charge in [-0.05, 0) is 12.8 Å². The average molecular weight is 118 g/mol. The Bertz CT molecular complexity index is 113. The molecule has 8 heavy (non-hydrogen) atoms. The molecular weight excluding hydrogens is 111 g/mol. The van der Waals surface area contributed by atoms with Crippen LogP contribution in [0.25, 0.3) is 0 Å². The molecule has 1 aliphatic rings. The number of halogens is 1. The minimum Gasteiger partial charge on any atom is -0.481 e. The maximum atomic E-state index is 12.1. The quantitative estimate of drug-likeness (QED) is 0.553. The second kappa shape index (κ2) is 1.73. The molecule has 46 valence electrons. The minimum absolute atomic E-state index is 0.428. The normalized spacial score (nSPS) is 36.1. The zero-order chi connectivity index (χ0) is 6.15. The summed E-state index contributed by atoms with van der Waals surface area (Å²) in [6.45, 7) is 0. The molecule has 1 aliphatic carbocycles. The number of hydrogen-bond acceptors (Lipinski definition) is 1. The molecule has 0 aliphatic heterocycles. The molecule has 1 saturated carbocycles. The summed E-state index contributed by atoms with van der Waals surface area (Å²) < 4.78 is 12.1. The molecular formula is C5H7FO2. The van der Waals surface area contributed by atoms with Crippen LogP contribution in [-0.2, 0) is 4.79 Å². The van der Waals surface area contributed by atoms with Crippen LogP contribution in [-0.4, -0.2) is 17.2 Å². The van der Waals surface area contributed by atoms with Crippen LogP contribution >= 0.6 is 0 Å². The third-order valence-corrected chi connectivity index (χ3v) is 1.51. The van der Waals surface area contributed by atoms with Crippen molar-refractivity contribution in [3.8, 4) is 0 Å². The first-order valence-electron chi connectivity index (χ1n) is 2.58. The van der Waals surface area contributed by atoms with Gasteiger partial charge in [0.05, 0.1) is 5.92 Å². The van der Waals surface area contributed by atoms with Crippen molar-refractivity contribution in [3.05, 3.63) is 0 Å². The molecule has 0 amide bonds. The van der Waals surface area contributed by atoms with Gasteiger partial charge in [-0.3, -0.25) is 4.79 Å². The van der Waals surface area contributed by atoms with Crippen LogP contribution in [0.1, 0.15) is 12.8 Å². The van der Waals surface area contributed by atoms with Gasteiger partial charge in [-0.15, -0.1) is 0 Å². The monoisotopic (exact) mass is 118 g/mol. The highest BCUT2D eigenvalue weighted by Crippen LogP contribution is 2.29. The summed E-state index contributed by atoms with van der Waals surface area (Å²) in [5.74, 6) is -1.70. The van der Waals surface area contributed by atoms with Crippen LogP contribution in [0.15, 0.2) is 0 Å². The van der Waals surface area contributed by atoms with Crippen LogP contribution in [0.3, 0.4) is 0 Å². The third kappa shape index (κ3) is 0.680. The lowest BCUT2D eigenvalue weighted by Crippen LogP contribution is -2.33. The number of carboxylic acid groups (broad SMARTS) is 1. The first-order chi connectivity index (χ1) is 3.72. The van der Waals surface area contributed by atoms with Crippen molar-refractivity contribution < 1.29 is 14.3 Å². The predicted octanol–water partition coefficient (Wildman–Crippen LogP) is 0.819. The summed E-state index contributed by atoms with van der Waals surface area (Å²) in [5.41, 5.74) is 0. The fourth-order valence-electron chi connectivity index (χ4n) is 0.738. The van der Waals surface area contributed by atoms with E-state index in [2.05, 4.69) is 0 Å². The average Bonchev–Trinajstić information content (AvgIpc) is 1.61. The van der Waals surface area contributed by atoms with E-state index in [1.54, 1.807) is 0 Å². The zero-order valence-corrected chi connectivity index (χ0v) is 4.30. The van der Waals surface area contributed by atoms with Crippen LogP contribution in [0, 0.1) is 5.92 Å². The van der Waals surface area contributed by atoms with Gasteiger partial charge in [0.25, 0.3) is 0 Å². The van der Waals surface area contributed by atoms with Crippen LogP contribution in [0.2, 0.25) is 0 Å². The lowest BCUT2D eigenvalue weighted by atomic mass is 9.83. The first-order valence-corrected chi connectivity index (χ1v) is 2.58. The molecule has 0 aromatic heterocycles. The summed E-state index contributed by atoms with van der Waals surface area (Å²) in [5, 5.41) is 8.16. The Morgan fingerprint density at radius 1 is 1.62 bits per heavy atom. The fourth-order valence-corrected chi connectivity index (χ4v) is 0.738. The summed E-state index contributed by atoms with van der Waals surface area (Å²) in [6.07, 6.45) is -0.138. The Labute approximate surface area is 46.3 Å². The molecule has 1 rings (SSSR count). The molecule has 0 aromatic rings. The largest absolute Gasteiger partial charge is 0.481 e. The summed E-state index contributed by atoms with van der Waals surface area (Å²) in [4.78, 5) is 9.95. The second-order valence-corrected chi connectivity index (χ2v) is 2.04. The Balaban J connectivity index is 2.37. The van der Waals surface area contributed by atoms with Crippen molar-refractivity contribution in [1.29, 1.82) is 0 Å². The van der Waals surface area contributed by atoms with Crippen molar-refractivity contribution in [2.45, 2.75) is 19.0 Å². The Kier molecular flexibility index (Phi) is 1.19. The van der Waals surface area contributed by atoms with Gasteiger partial charge in [0, 0.05) is 0 Å². The number of rotatable bonds is 1. The second-order valence-electron chi connectivity index (χ2n) is 2.04. The number of hydrogen-bond donors (Lipinski definition) is 1. The SMILES string of the molecule is O=C(O)[C@@H]1CC[C@@H]1F. The predicted molar refractivity (Wildman–Crippen MR) is 25.3 cm³/mol. The number of carbonyl (C=O) groups is 1. The molecule has 0 spiro atoms. The van der Waals surface area contributed by atoms with Crippen molar-refractivity contribution in [3.63, 3.8) is 0 Å². The maximum absolute atomic E-state index is 12.1. The van der Waals surface area contributed by atoms with E-state index in [-0.39, 0.29) is 0 Å². The Hall–Kier alpha value is -0.600. The van der Waals surface area contributed by atoms with Crippen LogP contribution < -0.4 is 0 Å². The maximum Gasteiger partial charge on any atom is 0.309 e. The summed E-state index contributed by atoms with van der Waals surface area (Å²) >= 11 is 0. The smallest absolute Gasteiger partial charge is 0.309 e. The van der Waals surface area contributed by atoms with Crippen LogP contribution in [0.5, 0.6) is 0 Å². The van der Waals surface area contributed by atoms with E-state index >= 15 is 0 Å². The molecule has 0 heterocycles. The molecule has 2 nitrogen and oxygen atoms in total. The molecule has 3 heteroatoms. The summed E-state index contributed by atoms with van der Waals surface area (Å²) in [6, 6.07) is 0. The summed E-state index contributed by atoms with van der Waals surface area (Å²) in [7, 11) is 0. The molecule has 0 radical (unpaired) electrons. The van der Waals surface area contributed by atoms with E-state index in [9.17, 15) is 9.18 Å². The lowest BCUT2D eigenvalue weighted by Gasteiger charge is -2.25. The van der Waals surface area contributed by atoms with Crippen LogP contribution in [0.4, 0.5) is 4.39 Å².